The van der Waals surface area contributed by atoms with Gasteiger partial charge in [0.2, 0.25) is 0 Å². The molecule has 3 rings (SSSR count). The van der Waals surface area contributed by atoms with Gasteiger partial charge in [0.15, 0.2) is 0 Å². The molecule has 1 aromatic carbocycles. The molecule has 1 fully saturated rings. The number of rotatable bonds is 6. The van der Waals surface area contributed by atoms with E-state index in [-0.39, 0.29) is 12.5 Å². The summed E-state index contributed by atoms with van der Waals surface area (Å²) in [5.41, 5.74) is 1.60. The van der Waals surface area contributed by atoms with Crippen molar-refractivity contribution in [2.24, 2.45) is 0 Å². The SMILES string of the molecule is O=C(c1ccc(N2CCCC2)nc1)N(CCO)Cc1ccccc1. The van der Waals surface area contributed by atoms with E-state index in [9.17, 15) is 9.90 Å². The summed E-state index contributed by atoms with van der Waals surface area (Å²) in [6, 6.07) is 13.5. The summed E-state index contributed by atoms with van der Waals surface area (Å²) < 4.78 is 0. The first-order valence-corrected chi connectivity index (χ1v) is 8.43. The minimum atomic E-state index is -0.103. The largest absolute Gasteiger partial charge is 0.395 e. The summed E-state index contributed by atoms with van der Waals surface area (Å²) in [4.78, 5) is 21.1. The van der Waals surface area contributed by atoms with Gasteiger partial charge < -0.3 is 14.9 Å². The summed E-state index contributed by atoms with van der Waals surface area (Å²) in [5.74, 6) is 0.828. The van der Waals surface area contributed by atoms with Crippen LogP contribution in [-0.4, -0.2) is 47.1 Å². The maximum atomic E-state index is 12.7. The Morgan fingerprint density at radius 3 is 2.50 bits per heavy atom. The van der Waals surface area contributed by atoms with Crippen LogP contribution in [-0.2, 0) is 6.54 Å². The van der Waals surface area contributed by atoms with Gasteiger partial charge in [-0.25, -0.2) is 4.98 Å². The topological polar surface area (TPSA) is 56.7 Å². The molecule has 1 amide bonds. The molecular formula is C19H23N3O2. The molecule has 1 saturated heterocycles. The molecule has 1 aromatic heterocycles. The first kappa shape index (κ1) is 16.5. The highest BCUT2D eigenvalue weighted by molar-refractivity contribution is 5.94. The zero-order valence-corrected chi connectivity index (χ0v) is 13.8. The number of hydrogen-bond acceptors (Lipinski definition) is 4. The molecule has 126 valence electrons. The van der Waals surface area contributed by atoms with Crippen molar-refractivity contribution in [1.29, 1.82) is 0 Å². The number of aromatic nitrogens is 1. The fourth-order valence-electron chi connectivity index (χ4n) is 3.01. The molecule has 5 heteroatoms. The first-order chi connectivity index (χ1) is 11.8. The lowest BCUT2D eigenvalue weighted by Crippen LogP contribution is -2.33. The molecule has 1 aliphatic rings. The number of carbonyl (C=O) groups is 1. The molecule has 0 unspecified atom stereocenters. The Labute approximate surface area is 142 Å². The van der Waals surface area contributed by atoms with Crippen molar-refractivity contribution in [2.45, 2.75) is 19.4 Å². The molecule has 2 heterocycles. The van der Waals surface area contributed by atoms with E-state index in [0.29, 0.717) is 18.7 Å². The predicted molar refractivity (Wildman–Crippen MR) is 94.0 cm³/mol. The van der Waals surface area contributed by atoms with E-state index >= 15 is 0 Å². The van der Waals surface area contributed by atoms with Crippen LogP contribution in [0.25, 0.3) is 0 Å². The standard InChI is InChI=1S/C19H23N3O2/c23-13-12-22(15-16-6-2-1-3-7-16)19(24)17-8-9-18(20-14-17)21-10-4-5-11-21/h1-3,6-9,14,23H,4-5,10-13,15H2. The van der Waals surface area contributed by atoms with Crippen molar-refractivity contribution in [2.75, 3.05) is 31.1 Å². The molecule has 0 aliphatic carbocycles. The van der Waals surface area contributed by atoms with Crippen molar-refractivity contribution >= 4 is 11.7 Å². The first-order valence-electron chi connectivity index (χ1n) is 8.43. The van der Waals surface area contributed by atoms with Crippen LogP contribution in [0.15, 0.2) is 48.7 Å². The average molecular weight is 325 g/mol. The molecule has 1 aliphatic heterocycles. The Balaban J connectivity index is 1.71. The molecule has 0 atom stereocenters. The fraction of sp³-hybridized carbons (Fsp3) is 0.368. The van der Waals surface area contributed by atoms with E-state index in [0.717, 1.165) is 24.5 Å². The summed E-state index contributed by atoms with van der Waals surface area (Å²) >= 11 is 0. The van der Waals surface area contributed by atoms with Gasteiger partial charge in [0.1, 0.15) is 5.82 Å². The summed E-state index contributed by atoms with van der Waals surface area (Å²) in [6.45, 7) is 2.80. The zero-order valence-electron chi connectivity index (χ0n) is 13.8. The van der Waals surface area contributed by atoms with Gasteiger partial charge in [-0.2, -0.15) is 0 Å². The number of anilines is 1. The number of aliphatic hydroxyl groups is 1. The molecule has 0 spiro atoms. The van der Waals surface area contributed by atoms with Crippen molar-refractivity contribution in [1.82, 2.24) is 9.88 Å². The number of hydrogen-bond donors (Lipinski definition) is 1. The van der Waals surface area contributed by atoms with E-state index in [4.69, 9.17) is 0 Å². The molecule has 0 bridgehead atoms. The predicted octanol–water partition coefficient (Wildman–Crippen LogP) is 2.32. The highest BCUT2D eigenvalue weighted by Gasteiger charge is 2.18. The van der Waals surface area contributed by atoms with Crippen molar-refractivity contribution in [3.63, 3.8) is 0 Å². The summed E-state index contributed by atoms with van der Waals surface area (Å²) in [7, 11) is 0. The smallest absolute Gasteiger partial charge is 0.255 e. The van der Waals surface area contributed by atoms with Gasteiger partial charge in [-0.3, -0.25) is 4.79 Å². The Bertz CT molecular complexity index is 652. The van der Waals surface area contributed by atoms with E-state index < -0.39 is 0 Å². The van der Waals surface area contributed by atoms with E-state index in [1.165, 1.54) is 12.8 Å². The van der Waals surface area contributed by atoms with Crippen LogP contribution in [0.4, 0.5) is 5.82 Å². The minimum absolute atomic E-state index is 0.0577. The van der Waals surface area contributed by atoms with Crippen molar-refractivity contribution < 1.29 is 9.90 Å². The third-order valence-electron chi connectivity index (χ3n) is 4.30. The summed E-state index contributed by atoms with van der Waals surface area (Å²) in [5, 5.41) is 9.28. The Morgan fingerprint density at radius 1 is 1.12 bits per heavy atom. The highest BCUT2D eigenvalue weighted by Crippen LogP contribution is 2.18. The average Bonchev–Trinajstić information content (AvgIpc) is 3.16. The molecule has 0 saturated carbocycles. The second-order valence-corrected chi connectivity index (χ2v) is 6.04. The Kier molecular flexibility index (Phi) is 5.43. The van der Waals surface area contributed by atoms with E-state index in [2.05, 4.69) is 9.88 Å². The van der Waals surface area contributed by atoms with E-state index in [1.54, 1.807) is 11.1 Å². The third-order valence-corrected chi connectivity index (χ3v) is 4.30. The van der Waals surface area contributed by atoms with Crippen LogP contribution >= 0.6 is 0 Å². The van der Waals surface area contributed by atoms with Crippen molar-refractivity contribution in [3.8, 4) is 0 Å². The van der Waals surface area contributed by atoms with Crippen LogP contribution in [0, 0.1) is 0 Å². The van der Waals surface area contributed by atoms with Gasteiger partial charge >= 0.3 is 0 Å². The molecule has 1 N–H and O–H groups in total. The van der Waals surface area contributed by atoms with Gasteiger partial charge in [-0.15, -0.1) is 0 Å². The number of carbonyl (C=O) groups excluding carboxylic acids is 1. The van der Waals surface area contributed by atoms with Crippen LogP contribution in [0.2, 0.25) is 0 Å². The number of amides is 1. The number of benzene rings is 1. The van der Waals surface area contributed by atoms with E-state index in [1.807, 2.05) is 42.5 Å². The van der Waals surface area contributed by atoms with Gasteiger partial charge in [-0.05, 0) is 30.5 Å². The van der Waals surface area contributed by atoms with Crippen LogP contribution in [0.5, 0.6) is 0 Å². The van der Waals surface area contributed by atoms with Gasteiger partial charge in [0.05, 0.1) is 12.2 Å². The number of pyridine rings is 1. The van der Waals surface area contributed by atoms with Gasteiger partial charge in [0.25, 0.3) is 5.91 Å². The normalized spacial score (nSPS) is 14.0. The van der Waals surface area contributed by atoms with Crippen LogP contribution < -0.4 is 4.90 Å². The number of aliphatic hydroxyl groups excluding tert-OH is 1. The molecule has 24 heavy (non-hydrogen) atoms. The summed E-state index contributed by atoms with van der Waals surface area (Å²) in [6.07, 6.45) is 4.04. The fourth-order valence-corrected chi connectivity index (χ4v) is 3.01. The number of nitrogens with zero attached hydrogens (tertiary/aromatic N) is 3. The second kappa shape index (κ2) is 7.93. The monoisotopic (exact) mass is 325 g/mol. The lowest BCUT2D eigenvalue weighted by Gasteiger charge is -2.22. The Hall–Kier alpha value is -2.40. The lowest BCUT2D eigenvalue weighted by molar-refractivity contribution is 0.0707. The lowest BCUT2D eigenvalue weighted by atomic mass is 10.2. The highest BCUT2D eigenvalue weighted by atomic mass is 16.3. The zero-order chi connectivity index (χ0) is 16.8. The van der Waals surface area contributed by atoms with Crippen LogP contribution in [0.3, 0.4) is 0 Å². The van der Waals surface area contributed by atoms with Crippen molar-refractivity contribution in [3.05, 3.63) is 59.8 Å². The van der Waals surface area contributed by atoms with Gasteiger partial charge in [-0.1, -0.05) is 30.3 Å². The maximum Gasteiger partial charge on any atom is 0.255 e. The molecular weight excluding hydrogens is 302 g/mol. The Morgan fingerprint density at radius 2 is 1.88 bits per heavy atom. The minimum Gasteiger partial charge on any atom is -0.395 e. The quantitative estimate of drug-likeness (QED) is 0.885. The molecule has 0 radical (unpaired) electrons. The molecule has 5 nitrogen and oxygen atoms in total. The van der Waals surface area contributed by atoms with Gasteiger partial charge in [0, 0.05) is 32.4 Å². The maximum absolute atomic E-state index is 12.7. The van der Waals surface area contributed by atoms with Crippen LogP contribution in [0.1, 0.15) is 28.8 Å². The third kappa shape index (κ3) is 3.92. The molecule has 2 aromatic rings. The second-order valence-electron chi connectivity index (χ2n) is 6.04.